The zero-order valence-corrected chi connectivity index (χ0v) is 17.8. The molecule has 3 rings (SSSR count). The fourth-order valence-corrected chi connectivity index (χ4v) is 3.29. The predicted molar refractivity (Wildman–Crippen MR) is 114 cm³/mol. The van der Waals surface area contributed by atoms with E-state index in [9.17, 15) is 0 Å². The van der Waals surface area contributed by atoms with Crippen LogP contribution >= 0.6 is 0 Å². The van der Waals surface area contributed by atoms with Crippen molar-refractivity contribution in [2.75, 3.05) is 54.0 Å². The van der Waals surface area contributed by atoms with Crippen molar-refractivity contribution >= 4 is 5.96 Å². The highest BCUT2D eigenvalue weighted by molar-refractivity contribution is 5.80. The minimum absolute atomic E-state index is 0.00217. The van der Waals surface area contributed by atoms with Crippen molar-refractivity contribution in [3.8, 4) is 5.75 Å². The first-order chi connectivity index (χ1) is 14.1. The van der Waals surface area contributed by atoms with Gasteiger partial charge in [0.2, 0.25) is 0 Å². The lowest BCUT2D eigenvalue weighted by molar-refractivity contribution is -0.00805. The summed E-state index contributed by atoms with van der Waals surface area (Å²) in [5, 5.41) is 7.74. The van der Waals surface area contributed by atoms with Crippen LogP contribution in [0, 0.1) is 0 Å². The summed E-state index contributed by atoms with van der Waals surface area (Å²) in [4.78, 5) is 8.83. The number of para-hydroxylation sites is 1. The van der Waals surface area contributed by atoms with Gasteiger partial charge in [0.15, 0.2) is 5.96 Å². The van der Waals surface area contributed by atoms with E-state index in [2.05, 4.69) is 31.3 Å². The number of aliphatic imine (C=N–C) groups is 1. The van der Waals surface area contributed by atoms with Crippen LogP contribution in [0.1, 0.15) is 17.2 Å². The Balaban J connectivity index is 1.59. The lowest BCUT2D eigenvalue weighted by Crippen LogP contribution is -2.47. The van der Waals surface area contributed by atoms with Gasteiger partial charge in [0, 0.05) is 51.1 Å². The molecule has 1 saturated heterocycles. The molecule has 1 N–H and O–H groups in total. The van der Waals surface area contributed by atoms with Crippen molar-refractivity contribution < 1.29 is 9.47 Å². The first-order valence-electron chi connectivity index (χ1n) is 9.98. The lowest BCUT2D eigenvalue weighted by atomic mass is 10.1. The van der Waals surface area contributed by atoms with E-state index in [4.69, 9.17) is 9.47 Å². The van der Waals surface area contributed by atoms with Crippen LogP contribution in [0.4, 0.5) is 0 Å². The number of hydrogen-bond acceptors (Lipinski definition) is 5. The van der Waals surface area contributed by atoms with Crippen LogP contribution in [0.3, 0.4) is 0 Å². The molecular formula is C21H32N6O2. The van der Waals surface area contributed by atoms with E-state index < -0.39 is 0 Å². The van der Waals surface area contributed by atoms with Crippen LogP contribution < -0.4 is 10.1 Å². The lowest BCUT2D eigenvalue weighted by Gasteiger charge is -2.34. The molecule has 0 aliphatic carbocycles. The third-order valence-corrected chi connectivity index (χ3v) is 4.88. The Labute approximate surface area is 173 Å². The van der Waals surface area contributed by atoms with Gasteiger partial charge >= 0.3 is 0 Å². The van der Waals surface area contributed by atoms with Gasteiger partial charge in [-0.15, -0.1) is 0 Å². The Morgan fingerprint density at radius 2 is 2.21 bits per heavy atom. The molecule has 1 aliphatic heterocycles. The van der Waals surface area contributed by atoms with Gasteiger partial charge in [0.05, 0.1) is 19.3 Å². The molecule has 0 amide bonds. The fourth-order valence-electron chi connectivity index (χ4n) is 3.29. The van der Waals surface area contributed by atoms with Crippen LogP contribution in [0.25, 0.3) is 0 Å². The molecule has 1 fully saturated rings. The van der Waals surface area contributed by atoms with Gasteiger partial charge in [-0.25, -0.2) is 0 Å². The number of morpholine rings is 1. The second-order valence-electron chi connectivity index (χ2n) is 7.41. The number of nitrogens with one attached hydrogen (secondary N) is 1. The first kappa shape index (κ1) is 21.1. The average Bonchev–Trinajstić information content (AvgIpc) is 3.16. The van der Waals surface area contributed by atoms with Gasteiger partial charge in [-0.2, -0.15) is 5.10 Å². The second-order valence-corrected chi connectivity index (χ2v) is 7.41. The maximum atomic E-state index is 5.97. The maximum absolute atomic E-state index is 5.97. The van der Waals surface area contributed by atoms with Gasteiger partial charge in [-0.1, -0.05) is 18.2 Å². The maximum Gasteiger partial charge on any atom is 0.194 e. The minimum atomic E-state index is -0.00217. The number of aryl methyl sites for hydroxylation is 1. The summed E-state index contributed by atoms with van der Waals surface area (Å²) in [5.74, 6) is 1.78. The Hall–Kier alpha value is -2.58. The molecule has 1 aliphatic rings. The highest BCUT2D eigenvalue weighted by Gasteiger charge is 2.25. The van der Waals surface area contributed by atoms with Crippen LogP contribution in [-0.2, 0) is 18.3 Å². The highest BCUT2D eigenvalue weighted by Crippen LogP contribution is 2.22. The Morgan fingerprint density at radius 1 is 1.38 bits per heavy atom. The van der Waals surface area contributed by atoms with Crippen LogP contribution in [0.5, 0.6) is 5.75 Å². The summed E-state index contributed by atoms with van der Waals surface area (Å²) in [5.41, 5.74) is 2.21. The molecule has 1 aromatic carbocycles. The number of benzene rings is 1. The number of rotatable bonds is 7. The topological polar surface area (TPSA) is 67.2 Å². The largest absolute Gasteiger partial charge is 0.492 e. The van der Waals surface area contributed by atoms with Gasteiger partial charge in [-0.05, 0) is 20.2 Å². The molecule has 0 saturated carbocycles. The summed E-state index contributed by atoms with van der Waals surface area (Å²) in [6.45, 7) is 4.40. The van der Waals surface area contributed by atoms with Crippen LogP contribution in [0.2, 0.25) is 0 Å². The van der Waals surface area contributed by atoms with Crippen molar-refractivity contribution in [2.24, 2.45) is 12.0 Å². The fraction of sp³-hybridized carbons (Fsp3) is 0.524. The molecule has 8 nitrogen and oxygen atoms in total. The zero-order chi connectivity index (χ0) is 20.6. The molecule has 0 spiro atoms. The summed E-state index contributed by atoms with van der Waals surface area (Å²) < 4.78 is 13.7. The third kappa shape index (κ3) is 5.95. The van der Waals surface area contributed by atoms with E-state index in [0.29, 0.717) is 19.8 Å². The molecule has 1 aromatic heterocycles. The molecule has 0 radical (unpaired) electrons. The normalized spacial score (nSPS) is 17.6. The van der Waals surface area contributed by atoms with Crippen molar-refractivity contribution in [1.29, 1.82) is 0 Å². The third-order valence-electron chi connectivity index (χ3n) is 4.88. The summed E-state index contributed by atoms with van der Waals surface area (Å²) >= 11 is 0. The molecule has 2 aromatic rings. The molecule has 29 heavy (non-hydrogen) atoms. The van der Waals surface area contributed by atoms with E-state index in [1.165, 1.54) is 0 Å². The molecular weight excluding hydrogens is 368 g/mol. The van der Waals surface area contributed by atoms with Crippen molar-refractivity contribution in [1.82, 2.24) is 24.9 Å². The summed E-state index contributed by atoms with van der Waals surface area (Å²) in [7, 11) is 7.82. The number of guanidine groups is 1. The number of likely N-dealkylation sites (N-methyl/N-ethyl adjacent to an activating group) is 1. The van der Waals surface area contributed by atoms with Gasteiger partial charge < -0.3 is 24.6 Å². The standard InChI is InChI=1S/C21H32N6O2/c1-22-21(27-10-12-29-20(16-27)18-14-24-26(4)15-18)23-13-17-7-5-6-8-19(17)28-11-9-25(2)3/h5-8,14-15,20H,9-13,16H2,1-4H3,(H,22,23). The minimum Gasteiger partial charge on any atom is -0.492 e. The van der Waals surface area contributed by atoms with Crippen LogP contribution in [0.15, 0.2) is 41.7 Å². The van der Waals surface area contributed by atoms with Gasteiger partial charge in [-0.3, -0.25) is 9.67 Å². The molecule has 2 heterocycles. The zero-order valence-electron chi connectivity index (χ0n) is 17.8. The monoisotopic (exact) mass is 400 g/mol. The molecule has 158 valence electrons. The van der Waals surface area contributed by atoms with E-state index in [1.54, 1.807) is 4.68 Å². The molecule has 8 heteroatoms. The number of nitrogens with zero attached hydrogens (tertiary/aromatic N) is 5. The summed E-state index contributed by atoms with van der Waals surface area (Å²) in [6.07, 6.45) is 3.87. The van der Waals surface area contributed by atoms with Crippen molar-refractivity contribution in [2.45, 2.75) is 12.6 Å². The predicted octanol–water partition coefficient (Wildman–Crippen LogP) is 1.51. The van der Waals surface area contributed by atoms with Gasteiger partial charge in [0.25, 0.3) is 0 Å². The summed E-state index contributed by atoms with van der Waals surface area (Å²) in [6, 6.07) is 8.14. The van der Waals surface area contributed by atoms with Crippen LogP contribution in [-0.4, -0.2) is 79.5 Å². The van der Waals surface area contributed by atoms with Crippen molar-refractivity contribution in [3.05, 3.63) is 47.8 Å². The number of hydrogen-bond donors (Lipinski definition) is 1. The van der Waals surface area contributed by atoms with Gasteiger partial charge in [0.1, 0.15) is 18.5 Å². The Morgan fingerprint density at radius 3 is 2.93 bits per heavy atom. The number of aromatic nitrogens is 2. The molecule has 1 atom stereocenters. The molecule has 0 bridgehead atoms. The highest BCUT2D eigenvalue weighted by atomic mass is 16.5. The van der Waals surface area contributed by atoms with Crippen molar-refractivity contribution in [3.63, 3.8) is 0 Å². The smallest absolute Gasteiger partial charge is 0.194 e. The van der Waals surface area contributed by atoms with E-state index in [-0.39, 0.29) is 6.10 Å². The Bertz CT molecular complexity index is 804. The van der Waals surface area contributed by atoms with E-state index >= 15 is 0 Å². The first-order valence-corrected chi connectivity index (χ1v) is 9.98. The number of ether oxygens (including phenoxy) is 2. The Kier molecular flexibility index (Phi) is 7.48. The average molecular weight is 401 g/mol. The SMILES string of the molecule is CN=C(NCc1ccccc1OCCN(C)C)N1CCOC(c2cnn(C)c2)C1. The molecule has 1 unspecified atom stereocenters. The van der Waals surface area contributed by atoms with E-state index in [0.717, 1.165) is 42.5 Å². The quantitative estimate of drug-likeness (QED) is 0.561. The van der Waals surface area contributed by atoms with E-state index in [1.807, 2.05) is 58.8 Å². The second kappa shape index (κ2) is 10.3.